The number of carbonyl (C=O) groups is 3. The van der Waals surface area contributed by atoms with Gasteiger partial charge < -0.3 is 10.6 Å². The van der Waals surface area contributed by atoms with E-state index in [4.69, 9.17) is 5.73 Å². The third kappa shape index (κ3) is 3.52. The number of imide groups is 1. The standard InChI is InChI=1S/C19H19N3O3/c20-16(23)11-12-21-18(24)17(15-9-5-2-6-10-15)22(19(21)25)13-14-7-3-1-4-8-14/h1-10,17H,11-13H2,(H2,20,23)/t17-/m1/s1. The number of rotatable bonds is 6. The maximum absolute atomic E-state index is 12.8. The lowest BCUT2D eigenvalue weighted by molar-refractivity contribution is -0.128. The quantitative estimate of drug-likeness (QED) is 0.819. The van der Waals surface area contributed by atoms with Gasteiger partial charge in [0.1, 0.15) is 6.04 Å². The first-order chi connectivity index (χ1) is 12.1. The van der Waals surface area contributed by atoms with Gasteiger partial charge in [-0.2, -0.15) is 0 Å². The molecule has 1 aliphatic heterocycles. The highest BCUT2D eigenvalue weighted by Crippen LogP contribution is 2.32. The van der Waals surface area contributed by atoms with E-state index in [1.54, 1.807) is 0 Å². The van der Waals surface area contributed by atoms with E-state index in [1.165, 1.54) is 4.90 Å². The molecule has 0 bridgehead atoms. The Balaban J connectivity index is 1.92. The summed E-state index contributed by atoms with van der Waals surface area (Å²) in [4.78, 5) is 39.3. The van der Waals surface area contributed by atoms with Gasteiger partial charge in [-0.15, -0.1) is 0 Å². The Hall–Kier alpha value is -3.15. The molecule has 128 valence electrons. The number of amides is 4. The third-order valence-corrected chi connectivity index (χ3v) is 4.18. The lowest BCUT2D eigenvalue weighted by Gasteiger charge is -2.22. The first kappa shape index (κ1) is 16.7. The molecule has 2 aromatic rings. The molecule has 4 amide bonds. The number of primary amides is 1. The Morgan fingerprint density at radius 3 is 2.16 bits per heavy atom. The molecule has 1 aliphatic rings. The molecule has 0 aliphatic carbocycles. The fourth-order valence-electron chi connectivity index (χ4n) is 2.97. The molecule has 6 heteroatoms. The Morgan fingerprint density at radius 2 is 1.56 bits per heavy atom. The zero-order chi connectivity index (χ0) is 17.8. The van der Waals surface area contributed by atoms with Gasteiger partial charge in [-0.05, 0) is 11.1 Å². The Kier molecular flexibility index (Phi) is 4.79. The molecule has 0 saturated carbocycles. The lowest BCUT2D eigenvalue weighted by Crippen LogP contribution is -2.35. The molecular formula is C19H19N3O3. The maximum Gasteiger partial charge on any atom is 0.328 e. The predicted octanol–water partition coefficient (Wildman–Crippen LogP) is 2.07. The molecule has 2 N–H and O–H groups in total. The van der Waals surface area contributed by atoms with Gasteiger partial charge in [-0.3, -0.25) is 14.5 Å². The molecule has 1 saturated heterocycles. The monoisotopic (exact) mass is 337 g/mol. The molecule has 1 heterocycles. The Labute approximate surface area is 145 Å². The van der Waals surface area contributed by atoms with Gasteiger partial charge in [-0.1, -0.05) is 60.7 Å². The molecule has 0 radical (unpaired) electrons. The number of nitrogens with two attached hydrogens (primary N) is 1. The van der Waals surface area contributed by atoms with Crippen molar-refractivity contribution in [2.45, 2.75) is 19.0 Å². The largest absolute Gasteiger partial charge is 0.370 e. The highest BCUT2D eigenvalue weighted by Gasteiger charge is 2.45. The molecule has 6 nitrogen and oxygen atoms in total. The van der Waals surface area contributed by atoms with Crippen molar-refractivity contribution in [2.75, 3.05) is 6.54 Å². The van der Waals surface area contributed by atoms with Gasteiger partial charge in [0.25, 0.3) is 5.91 Å². The first-order valence-corrected chi connectivity index (χ1v) is 8.07. The van der Waals surface area contributed by atoms with Crippen molar-refractivity contribution in [1.82, 2.24) is 9.80 Å². The Bertz CT molecular complexity index is 777. The predicted molar refractivity (Wildman–Crippen MR) is 92.1 cm³/mol. The summed E-state index contributed by atoms with van der Waals surface area (Å²) >= 11 is 0. The summed E-state index contributed by atoms with van der Waals surface area (Å²) in [5, 5.41) is 0. The zero-order valence-corrected chi connectivity index (χ0v) is 13.7. The number of hydrogen-bond acceptors (Lipinski definition) is 3. The molecule has 0 spiro atoms. The van der Waals surface area contributed by atoms with Gasteiger partial charge in [-0.25, -0.2) is 4.79 Å². The van der Waals surface area contributed by atoms with E-state index in [0.29, 0.717) is 6.54 Å². The second-order valence-electron chi connectivity index (χ2n) is 5.92. The lowest BCUT2D eigenvalue weighted by atomic mass is 10.1. The normalized spacial score (nSPS) is 17.2. The average molecular weight is 337 g/mol. The molecule has 3 rings (SSSR count). The number of urea groups is 1. The smallest absolute Gasteiger partial charge is 0.328 e. The van der Waals surface area contributed by atoms with E-state index in [0.717, 1.165) is 16.0 Å². The van der Waals surface area contributed by atoms with E-state index in [1.807, 2.05) is 60.7 Å². The van der Waals surface area contributed by atoms with Crippen LogP contribution in [0.5, 0.6) is 0 Å². The minimum absolute atomic E-state index is 0.00161. The summed E-state index contributed by atoms with van der Waals surface area (Å²) in [5.74, 6) is -0.869. The number of hydrogen-bond donors (Lipinski definition) is 1. The van der Waals surface area contributed by atoms with Crippen LogP contribution in [0.2, 0.25) is 0 Å². The van der Waals surface area contributed by atoms with Crippen LogP contribution in [0.25, 0.3) is 0 Å². The third-order valence-electron chi connectivity index (χ3n) is 4.18. The van der Waals surface area contributed by atoms with E-state index in [-0.39, 0.29) is 18.9 Å². The first-order valence-electron chi connectivity index (χ1n) is 8.07. The van der Waals surface area contributed by atoms with Gasteiger partial charge in [0.05, 0.1) is 0 Å². The summed E-state index contributed by atoms with van der Waals surface area (Å²) < 4.78 is 0. The van der Waals surface area contributed by atoms with Gasteiger partial charge in [0, 0.05) is 19.5 Å². The fraction of sp³-hybridized carbons (Fsp3) is 0.211. The summed E-state index contributed by atoms with van der Waals surface area (Å²) in [5.41, 5.74) is 6.84. The topological polar surface area (TPSA) is 83.7 Å². The minimum Gasteiger partial charge on any atom is -0.370 e. The van der Waals surface area contributed by atoms with Crippen molar-refractivity contribution in [3.05, 3.63) is 71.8 Å². The van der Waals surface area contributed by atoms with Gasteiger partial charge in [0.2, 0.25) is 5.91 Å². The number of carbonyl (C=O) groups excluding carboxylic acids is 3. The highest BCUT2D eigenvalue weighted by molar-refractivity contribution is 6.04. The van der Waals surface area contributed by atoms with Crippen LogP contribution in [0.1, 0.15) is 23.6 Å². The highest BCUT2D eigenvalue weighted by atomic mass is 16.2. The van der Waals surface area contributed by atoms with Crippen LogP contribution < -0.4 is 5.73 Å². The van der Waals surface area contributed by atoms with Gasteiger partial charge >= 0.3 is 6.03 Å². The van der Waals surface area contributed by atoms with Crippen molar-refractivity contribution < 1.29 is 14.4 Å². The summed E-state index contributed by atoms with van der Waals surface area (Å²) in [7, 11) is 0. The van der Waals surface area contributed by atoms with Crippen molar-refractivity contribution >= 4 is 17.8 Å². The van der Waals surface area contributed by atoms with Crippen LogP contribution in [-0.2, 0) is 16.1 Å². The second-order valence-corrected chi connectivity index (χ2v) is 5.92. The molecule has 0 aromatic heterocycles. The van der Waals surface area contributed by atoms with Crippen molar-refractivity contribution in [3.63, 3.8) is 0 Å². The minimum atomic E-state index is -0.693. The summed E-state index contributed by atoms with van der Waals surface area (Å²) in [6.45, 7) is 0.319. The van der Waals surface area contributed by atoms with Crippen LogP contribution in [0.3, 0.4) is 0 Å². The molecule has 25 heavy (non-hydrogen) atoms. The Morgan fingerprint density at radius 1 is 0.960 bits per heavy atom. The SMILES string of the molecule is NC(=O)CCN1C(=O)[C@@H](c2ccccc2)N(Cc2ccccc2)C1=O. The van der Waals surface area contributed by atoms with Crippen LogP contribution in [0, 0.1) is 0 Å². The van der Waals surface area contributed by atoms with Crippen LogP contribution >= 0.6 is 0 Å². The van der Waals surface area contributed by atoms with Crippen molar-refractivity contribution in [2.24, 2.45) is 5.73 Å². The zero-order valence-electron chi connectivity index (χ0n) is 13.7. The van der Waals surface area contributed by atoms with Crippen LogP contribution in [0.15, 0.2) is 60.7 Å². The number of benzene rings is 2. The van der Waals surface area contributed by atoms with E-state index in [9.17, 15) is 14.4 Å². The molecular weight excluding hydrogens is 318 g/mol. The molecule has 0 unspecified atom stereocenters. The number of nitrogens with zero attached hydrogens (tertiary/aromatic N) is 2. The van der Waals surface area contributed by atoms with Gasteiger partial charge in [0.15, 0.2) is 0 Å². The summed E-state index contributed by atoms with van der Waals surface area (Å²) in [6, 6.07) is 17.6. The van der Waals surface area contributed by atoms with Crippen LogP contribution in [-0.4, -0.2) is 34.2 Å². The second kappa shape index (κ2) is 7.17. The van der Waals surface area contributed by atoms with Crippen molar-refractivity contribution in [3.8, 4) is 0 Å². The van der Waals surface area contributed by atoms with Crippen molar-refractivity contribution in [1.29, 1.82) is 0 Å². The fourth-order valence-corrected chi connectivity index (χ4v) is 2.97. The average Bonchev–Trinajstić information content (AvgIpc) is 2.85. The van der Waals surface area contributed by atoms with E-state index < -0.39 is 18.0 Å². The molecule has 2 aromatic carbocycles. The van der Waals surface area contributed by atoms with E-state index >= 15 is 0 Å². The molecule has 1 atom stereocenters. The van der Waals surface area contributed by atoms with E-state index in [2.05, 4.69) is 0 Å². The molecule has 1 fully saturated rings. The maximum atomic E-state index is 12.8. The van der Waals surface area contributed by atoms with Crippen LogP contribution in [0.4, 0.5) is 4.79 Å². The summed E-state index contributed by atoms with van der Waals surface area (Å²) in [6.07, 6.45) is -0.0435.